The fourth-order valence-corrected chi connectivity index (χ4v) is 2.54. The molecule has 7 nitrogen and oxygen atoms in total. The maximum atomic E-state index is 13.5. The highest BCUT2D eigenvalue weighted by Crippen LogP contribution is 2.25. The van der Waals surface area contributed by atoms with Crippen LogP contribution in [0.5, 0.6) is 0 Å². The van der Waals surface area contributed by atoms with E-state index in [9.17, 15) is 14.0 Å². The third kappa shape index (κ3) is 3.31. The van der Waals surface area contributed by atoms with Gasteiger partial charge in [0.1, 0.15) is 18.4 Å². The quantitative estimate of drug-likeness (QED) is 0.902. The van der Waals surface area contributed by atoms with Crippen LogP contribution in [0.4, 0.5) is 10.1 Å². The minimum atomic E-state index is -0.634. The molecule has 0 radical (unpaired) electrons. The molecule has 23 heavy (non-hydrogen) atoms. The summed E-state index contributed by atoms with van der Waals surface area (Å²) in [5.41, 5.74) is 0.421. The standard InChI is InChI=1S/C14H13ClFN5O2/c15-10-2-1-9(7-11(10)16)21-5-3-12(14(21)23)18-13(22)8-20-6-4-17-19-20/h1-2,4,6-7,12H,3,5,8H2,(H,18,22). The Morgan fingerprint density at radius 2 is 2.30 bits per heavy atom. The van der Waals surface area contributed by atoms with E-state index in [-0.39, 0.29) is 23.4 Å². The zero-order chi connectivity index (χ0) is 16.4. The van der Waals surface area contributed by atoms with Crippen molar-refractivity contribution in [1.82, 2.24) is 20.3 Å². The topological polar surface area (TPSA) is 80.1 Å². The summed E-state index contributed by atoms with van der Waals surface area (Å²) in [6, 6.07) is 3.54. The smallest absolute Gasteiger partial charge is 0.249 e. The lowest BCUT2D eigenvalue weighted by Crippen LogP contribution is -2.42. The number of benzene rings is 1. The molecular weight excluding hydrogens is 325 g/mol. The maximum absolute atomic E-state index is 13.5. The first kappa shape index (κ1) is 15.4. The second kappa shape index (κ2) is 6.33. The molecule has 2 amide bonds. The van der Waals surface area contributed by atoms with Crippen molar-refractivity contribution < 1.29 is 14.0 Å². The van der Waals surface area contributed by atoms with E-state index in [1.165, 1.54) is 27.9 Å². The van der Waals surface area contributed by atoms with Gasteiger partial charge in [0.2, 0.25) is 11.8 Å². The van der Waals surface area contributed by atoms with Crippen LogP contribution in [-0.2, 0) is 16.1 Å². The monoisotopic (exact) mass is 337 g/mol. The Morgan fingerprint density at radius 1 is 1.48 bits per heavy atom. The highest BCUT2D eigenvalue weighted by Gasteiger charge is 2.33. The lowest BCUT2D eigenvalue weighted by Gasteiger charge is -2.17. The third-order valence-corrected chi connectivity index (χ3v) is 3.84. The molecule has 1 atom stereocenters. The normalized spacial score (nSPS) is 17.6. The summed E-state index contributed by atoms with van der Waals surface area (Å²) < 4.78 is 14.9. The van der Waals surface area contributed by atoms with Gasteiger partial charge >= 0.3 is 0 Å². The van der Waals surface area contributed by atoms with E-state index in [2.05, 4.69) is 15.6 Å². The number of nitrogens with one attached hydrogen (secondary N) is 1. The zero-order valence-electron chi connectivity index (χ0n) is 11.9. The van der Waals surface area contributed by atoms with Crippen LogP contribution in [0.1, 0.15) is 6.42 Å². The highest BCUT2D eigenvalue weighted by molar-refractivity contribution is 6.30. The Labute approximate surface area is 136 Å². The van der Waals surface area contributed by atoms with E-state index in [1.807, 2.05) is 0 Å². The number of amides is 2. The van der Waals surface area contributed by atoms with Crippen LogP contribution in [0, 0.1) is 5.82 Å². The molecule has 1 aliphatic rings. The molecule has 0 bridgehead atoms. The molecule has 9 heteroatoms. The van der Waals surface area contributed by atoms with E-state index >= 15 is 0 Å². The Bertz CT molecular complexity index is 737. The van der Waals surface area contributed by atoms with Crippen molar-refractivity contribution in [3.8, 4) is 0 Å². The summed E-state index contributed by atoms with van der Waals surface area (Å²) in [5.74, 6) is -1.20. The minimum absolute atomic E-state index is 0.00178. The van der Waals surface area contributed by atoms with Gasteiger partial charge in [-0.1, -0.05) is 16.8 Å². The summed E-state index contributed by atoms with van der Waals surface area (Å²) in [5, 5.41) is 9.94. The van der Waals surface area contributed by atoms with Crippen LogP contribution in [0.15, 0.2) is 30.6 Å². The molecule has 1 saturated heterocycles. The Hall–Kier alpha value is -2.48. The predicted molar refractivity (Wildman–Crippen MR) is 80.3 cm³/mol. The summed E-state index contributed by atoms with van der Waals surface area (Å²) >= 11 is 5.64. The van der Waals surface area contributed by atoms with Gasteiger partial charge in [0.05, 0.1) is 11.2 Å². The summed E-state index contributed by atoms with van der Waals surface area (Å²) in [6.45, 7) is 0.382. The van der Waals surface area contributed by atoms with Crippen molar-refractivity contribution in [1.29, 1.82) is 0 Å². The van der Waals surface area contributed by atoms with Gasteiger partial charge in [-0.05, 0) is 24.6 Å². The first-order chi connectivity index (χ1) is 11.0. The van der Waals surface area contributed by atoms with E-state index in [1.54, 1.807) is 12.3 Å². The summed E-state index contributed by atoms with van der Waals surface area (Å²) in [7, 11) is 0. The van der Waals surface area contributed by atoms with E-state index < -0.39 is 11.9 Å². The van der Waals surface area contributed by atoms with Crippen molar-refractivity contribution in [3.63, 3.8) is 0 Å². The van der Waals surface area contributed by atoms with Crippen LogP contribution < -0.4 is 10.2 Å². The van der Waals surface area contributed by atoms with Crippen LogP contribution in [0.2, 0.25) is 5.02 Å². The Morgan fingerprint density at radius 3 is 3.00 bits per heavy atom. The van der Waals surface area contributed by atoms with E-state index in [4.69, 9.17) is 11.6 Å². The number of aromatic nitrogens is 3. The predicted octanol–water partition coefficient (Wildman–Crippen LogP) is 0.992. The van der Waals surface area contributed by atoms with Crippen molar-refractivity contribution in [3.05, 3.63) is 41.4 Å². The zero-order valence-corrected chi connectivity index (χ0v) is 12.7. The van der Waals surface area contributed by atoms with Gasteiger partial charge in [-0.25, -0.2) is 9.07 Å². The van der Waals surface area contributed by atoms with Gasteiger partial charge < -0.3 is 10.2 Å². The van der Waals surface area contributed by atoms with Gasteiger partial charge in [-0.3, -0.25) is 9.59 Å². The molecular formula is C14H13ClFN5O2. The van der Waals surface area contributed by atoms with Crippen molar-refractivity contribution in [2.45, 2.75) is 19.0 Å². The molecule has 2 heterocycles. The number of hydrogen-bond donors (Lipinski definition) is 1. The van der Waals surface area contributed by atoms with Crippen LogP contribution in [0.3, 0.4) is 0 Å². The number of carbonyl (C=O) groups is 2. The molecule has 2 aromatic rings. The van der Waals surface area contributed by atoms with Crippen LogP contribution in [-0.4, -0.2) is 39.4 Å². The molecule has 0 aliphatic carbocycles. The molecule has 1 N–H and O–H groups in total. The molecule has 1 fully saturated rings. The van der Waals surface area contributed by atoms with Gasteiger partial charge in [-0.2, -0.15) is 0 Å². The fourth-order valence-electron chi connectivity index (χ4n) is 2.43. The van der Waals surface area contributed by atoms with Gasteiger partial charge in [0.15, 0.2) is 0 Å². The lowest BCUT2D eigenvalue weighted by atomic mass is 10.2. The van der Waals surface area contributed by atoms with Crippen LogP contribution in [0.25, 0.3) is 0 Å². The van der Waals surface area contributed by atoms with E-state index in [0.29, 0.717) is 18.7 Å². The van der Waals surface area contributed by atoms with Gasteiger partial charge in [0, 0.05) is 18.4 Å². The average molecular weight is 338 g/mol. The largest absolute Gasteiger partial charge is 0.343 e. The molecule has 1 aliphatic heterocycles. The van der Waals surface area contributed by atoms with Crippen molar-refractivity contribution in [2.75, 3.05) is 11.4 Å². The SMILES string of the molecule is O=C(Cn1ccnn1)NC1CCN(c2ccc(Cl)c(F)c2)C1=O. The second-order valence-electron chi connectivity index (χ2n) is 5.10. The average Bonchev–Trinajstić information content (AvgIpc) is 3.13. The maximum Gasteiger partial charge on any atom is 0.249 e. The molecule has 1 aromatic heterocycles. The first-order valence-corrected chi connectivity index (χ1v) is 7.32. The van der Waals surface area contributed by atoms with Gasteiger partial charge in [0.25, 0.3) is 0 Å². The number of halogens is 2. The molecule has 1 aromatic carbocycles. The second-order valence-corrected chi connectivity index (χ2v) is 5.50. The Balaban J connectivity index is 1.64. The summed E-state index contributed by atoms with van der Waals surface area (Å²) in [6.07, 6.45) is 3.47. The summed E-state index contributed by atoms with van der Waals surface area (Å²) in [4.78, 5) is 25.7. The van der Waals surface area contributed by atoms with Crippen molar-refractivity contribution in [2.24, 2.45) is 0 Å². The van der Waals surface area contributed by atoms with Crippen molar-refractivity contribution >= 4 is 29.1 Å². The molecule has 1 unspecified atom stereocenters. The van der Waals surface area contributed by atoms with Crippen LogP contribution >= 0.6 is 11.6 Å². The number of rotatable bonds is 4. The Kier molecular flexibility index (Phi) is 4.24. The molecule has 0 saturated carbocycles. The fraction of sp³-hybridized carbons (Fsp3) is 0.286. The first-order valence-electron chi connectivity index (χ1n) is 6.94. The highest BCUT2D eigenvalue weighted by atomic mass is 35.5. The number of anilines is 1. The number of nitrogens with zero attached hydrogens (tertiary/aromatic N) is 4. The molecule has 120 valence electrons. The van der Waals surface area contributed by atoms with E-state index in [0.717, 1.165) is 0 Å². The number of hydrogen-bond acceptors (Lipinski definition) is 4. The molecule has 0 spiro atoms. The lowest BCUT2D eigenvalue weighted by molar-refractivity contribution is -0.127. The number of carbonyl (C=O) groups excluding carboxylic acids is 2. The molecule has 3 rings (SSSR count). The van der Waals surface area contributed by atoms with Gasteiger partial charge in [-0.15, -0.1) is 5.10 Å². The third-order valence-electron chi connectivity index (χ3n) is 3.53. The minimum Gasteiger partial charge on any atom is -0.343 e.